The average Bonchev–Trinajstić information content (AvgIpc) is 3.94. The molecule has 2 aliphatic carbocycles. The van der Waals surface area contributed by atoms with Crippen molar-refractivity contribution in [3.63, 3.8) is 0 Å². The third kappa shape index (κ3) is 6.91. The molecule has 0 aliphatic heterocycles. The van der Waals surface area contributed by atoms with Crippen LogP contribution in [-0.2, 0) is 16.2 Å². The lowest BCUT2D eigenvalue weighted by Gasteiger charge is -2.43. The highest BCUT2D eigenvalue weighted by Crippen LogP contribution is 2.60. The molecule has 11 aromatic rings. The molecule has 0 bridgehead atoms. The Balaban J connectivity index is 0.895. The summed E-state index contributed by atoms with van der Waals surface area (Å²) < 4.78 is 6.28. The van der Waals surface area contributed by atoms with Crippen LogP contribution in [0.15, 0.2) is 241 Å². The minimum absolute atomic E-state index is 0.0828. The maximum Gasteiger partial charge on any atom is 0.135 e. The van der Waals surface area contributed by atoms with Crippen LogP contribution in [0, 0.1) is 0 Å². The number of benzene rings is 10. The van der Waals surface area contributed by atoms with E-state index in [0.29, 0.717) is 0 Å². The van der Waals surface area contributed by atoms with E-state index in [1.807, 2.05) is 12.1 Å². The topological polar surface area (TPSA) is 16.4 Å². The fourth-order valence-electron chi connectivity index (χ4n) is 12.2. The molecular formula is C69H55NO. The molecule has 10 aromatic carbocycles. The molecule has 0 radical (unpaired) electrons. The molecule has 0 saturated carbocycles. The van der Waals surface area contributed by atoms with Gasteiger partial charge in [-0.3, -0.25) is 0 Å². The minimum atomic E-state index is -0.450. The van der Waals surface area contributed by atoms with E-state index in [9.17, 15) is 0 Å². The standard InChI is InChI=1S/C69H55NO/c1-67(2)40-41-68(3,4)63-45-61-58(44-62(63)67)57-42-50(34-38-60(57)69(61,51-20-10-6-11-21-51)52-22-12-7-13-23-52)48-30-28-46(29-31-48)47-32-35-53(36-33-47)70(64-26-16-14-24-55(64)49-18-8-5-9-19-49)54-37-39-66-59(43-54)56-25-15-17-27-65(56)71-66/h5-39,42-45H,40-41H2,1-4H3. The normalized spacial score (nSPS) is 15.0. The number of fused-ring (bicyclic) bond motifs is 7. The molecule has 1 aromatic heterocycles. The Morgan fingerprint density at radius 3 is 1.52 bits per heavy atom. The number of anilines is 3. The van der Waals surface area contributed by atoms with E-state index in [1.54, 1.807) is 0 Å². The molecular weight excluding hydrogens is 859 g/mol. The van der Waals surface area contributed by atoms with Crippen LogP contribution in [0.5, 0.6) is 0 Å². The summed E-state index contributed by atoms with van der Waals surface area (Å²) in [6, 6.07) is 87.4. The summed E-state index contributed by atoms with van der Waals surface area (Å²) in [6.07, 6.45) is 2.35. The van der Waals surface area contributed by atoms with Gasteiger partial charge in [-0.1, -0.05) is 210 Å². The van der Waals surface area contributed by atoms with Crippen LogP contribution >= 0.6 is 0 Å². The van der Waals surface area contributed by atoms with Crippen LogP contribution < -0.4 is 4.90 Å². The van der Waals surface area contributed by atoms with Gasteiger partial charge in [-0.05, 0) is 151 Å². The van der Waals surface area contributed by atoms with Gasteiger partial charge in [0.1, 0.15) is 11.2 Å². The van der Waals surface area contributed by atoms with Crippen LogP contribution in [-0.4, -0.2) is 0 Å². The zero-order chi connectivity index (χ0) is 47.9. The van der Waals surface area contributed by atoms with E-state index in [4.69, 9.17) is 4.42 Å². The third-order valence-electron chi connectivity index (χ3n) is 16.0. The molecule has 0 atom stereocenters. The third-order valence-corrected chi connectivity index (χ3v) is 16.0. The van der Waals surface area contributed by atoms with Gasteiger partial charge in [0.2, 0.25) is 0 Å². The van der Waals surface area contributed by atoms with Crippen LogP contribution in [0.3, 0.4) is 0 Å². The van der Waals surface area contributed by atoms with E-state index < -0.39 is 5.41 Å². The number of furan rings is 1. The molecule has 0 amide bonds. The number of hydrogen-bond acceptors (Lipinski definition) is 2. The van der Waals surface area contributed by atoms with Crippen LogP contribution in [0.2, 0.25) is 0 Å². The Bertz CT molecular complexity index is 3750. The Kier molecular flexibility index (Phi) is 9.94. The van der Waals surface area contributed by atoms with Gasteiger partial charge >= 0.3 is 0 Å². The molecule has 0 unspecified atom stereocenters. The first-order chi connectivity index (χ1) is 34.7. The monoisotopic (exact) mass is 913 g/mol. The fourth-order valence-corrected chi connectivity index (χ4v) is 12.2. The van der Waals surface area contributed by atoms with Gasteiger partial charge in [0.25, 0.3) is 0 Å². The lowest BCUT2D eigenvalue weighted by molar-refractivity contribution is 0.331. The highest BCUT2D eigenvalue weighted by atomic mass is 16.3. The molecule has 0 N–H and O–H groups in total. The highest BCUT2D eigenvalue weighted by Gasteiger charge is 2.48. The van der Waals surface area contributed by atoms with Crippen molar-refractivity contribution in [2.24, 2.45) is 0 Å². The first kappa shape index (κ1) is 42.9. The summed E-state index contributed by atoms with van der Waals surface area (Å²) in [7, 11) is 0. The predicted octanol–water partition coefficient (Wildman–Crippen LogP) is 18.8. The second-order valence-electron chi connectivity index (χ2n) is 21.1. The van der Waals surface area contributed by atoms with Crippen molar-refractivity contribution >= 4 is 39.0 Å². The summed E-state index contributed by atoms with van der Waals surface area (Å²) in [5.74, 6) is 0. The maximum absolute atomic E-state index is 6.28. The second-order valence-corrected chi connectivity index (χ2v) is 21.1. The number of rotatable bonds is 8. The quantitative estimate of drug-likeness (QED) is 0.151. The molecule has 2 heteroatoms. The summed E-state index contributed by atoms with van der Waals surface area (Å²) >= 11 is 0. The van der Waals surface area contributed by atoms with Crippen LogP contribution in [0.25, 0.3) is 66.4 Å². The van der Waals surface area contributed by atoms with Gasteiger partial charge in [0.05, 0.1) is 11.1 Å². The van der Waals surface area contributed by atoms with Gasteiger partial charge in [-0.15, -0.1) is 0 Å². The van der Waals surface area contributed by atoms with E-state index in [-0.39, 0.29) is 10.8 Å². The van der Waals surface area contributed by atoms with Crippen molar-refractivity contribution in [1.29, 1.82) is 0 Å². The summed E-state index contributed by atoms with van der Waals surface area (Å²) in [5, 5.41) is 2.21. The molecule has 71 heavy (non-hydrogen) atoms. The van der Waals surface area contributed by atoms with E-state index in [1.165, 1.54) is 85.2 Å². The summed E-state index contributed by atoms with van der Waals surface area (Å²) in [4.78, 5) is 2.38. The van der Waals surface area contributed by atoms with Gasteiger partial charge in [-0.2, -0.15) is 0 Å². The summed E-state index contributed by atoms with van der Waals surface area (Å²) in [5.41, 5.74) is 22.9. The van der Waals surface area contributed by atoms with Crippen molar-refractivity contribution < 1.29 is 4.42 Å². The molecule has 0 spiro atoms. The molecule has 0 fully saturated rings. The number of nitrogens with zero attached hydrogens (tertiary/aromatic N) is 1. The molecule has 2 aliphatic rings. The summed E-state index contributed by atoms with van der Waals surface area (Å²) in [6.45, 7) is 9.79. The lowest BCUT2D eigenvalue weighted by atomic mass is 9.61. The molecule has 1 heterocycles. The zero-order valence-corrected chi connectivity index (χ0v) is 40.8. The SMILES string of the molecule is CC1(C)CCC(C)(C)c2cc3c(cc21)-c1cc(-c2ccc(-c4ccc(N(c5ccc6oc7ccccc7c6c5)c5ccccc5-c5ccccc5)cc4)cc2)ccc1C3(c1ccccc1)c1ccccc1. The second kappa shape index (κ2) is 16.5. The van der Waals surface area contributed by atoms with E-state index in [0.717, 1.165) is 44.6 Å². The average molecular weight is 914 g/mol. The van der Waals surface area contributed by atoms with Crippen LogP contribution in [0.4, 0.5) is 17.1 Å². The molecule has 0 saturated heterocycles. The van der Waals surface area contributed by atoms with E-state index in [2.05, 4.69) is 257 Å². The van der Waals surface area contributed by atoms with Gasteiger partial charge in [0, 0.05) is 27.7 Å². The first-order valence-electron chi connectivity index (χ1n) is 25.2. The maximum atomic E-state index is 6.28. The highest BCUT2D eigenvalue weighted by molar-refractivity contribution is 6.07. The van der Waals surface area contributed by atoms with E-state index >= 15 is 0 Å². The molecule has 342 valence electrons. The Morgan fingerprint density at radius 1 is 0.338 bits per heavy atom. The van der Waals surface area contributed by atoms with Crippen molar-refractivity contribution in [1.82, 2.24) is 0 Å². The Morgan fingerprint density at radius 2 is 0.845 bits per heavy atom. The van der Waals surface area contributed by atoms with Crippen LogP contribution in [0.1, 0.15) is 73.9 Å². The predicted molar refractivity (Wildman–Crippen MR) is 297 cm³/mol. The smallest absolute Gasteiger partial charge is 0.135 e. The van der Waals surface area contributed by atoms with Crippen molar-refractivity contribution in [2.45, 2.75) is 56.8 Å². The molecule has 2 nitrogen and oxygen atoms in total. The zero-order valence-electron chi connectivity index (χ0n) is 40.8. The first-order valence-corrected chi connectivity index (χ1v) is 25.2. The van der Waals surface area contributed by atoms with Crippen molar-refractivity contribution in [3.8, 4) is 44.5 Å². The van der Waals surface area contributed by atoms with Crippen molar-refractivity contribution in [3.05, 3.63) is 270 Å². The fraction of sp³-hybridized carbons (Fsp3) is 0.130. The largest absolute Gasteiger partial charge is 0.456 e. The lowest BCUT2D eigenvalue weighted by Crippen LogP contribution is -2.35. The number of para-hydroxylation sites is 2. The van der Waals surface area contributed by atoms with Gasteiger partial charge < -0.3 is 9.32 Å². The van der Waals surface area contributed by atoms with Crippen molar-refractivity contribution in [2.75, 3.05) is 4.90 Å². The van der Waals surface area contributed by atoms with Gasteiger partial charge in [0.15, 0.2) is 0 Å². The molecule has 13 rings (SSSR count). The Hall–Kier alpha value is -8.20. The number of hydrogen-bond donors (Lipinski definition) is 0. The Labute approximate surface area is 417 Å². The van der Waals surface area contributed by atoms with Gasteiger partial charge in [-0.25, -0.2) is 0 Å². The minimum Gasteiger partial charge on any atom is -0.456 e.